The molecule has 0 heterocycles. The lowest BCUT2D eigenvalue weighted by Crippen LogP contribution is -2.33. The number of aliphatic hydroxyl groups excluding tert-OH is 2. The second-order valence-electron chi connectivity index (χ2n) is 3.63. The van der Waals surface area contributed by atoms with Gasteiger partial charge < -0.3 is 21.1 Å². The molecule has 1 rings (SSSR count). The van der Waals surface area contributed by atoms with Gasteiger partial charge in [-0.2, -0.15) is 0 Å². The Morgan fingerprint density at radius 3 is 2.17 bits per heavy atom. The first-order valence-electron chi connectivity index (χ1n) is 5.08. The summed E-state index contributed by atoms with van der Waals surface area (Å²) < 4.78 is 0. The van der Waals surface area contributed by atoms with Crippen molar-refractivity contribution in [1.82, 2.24) is 0 Å². The summed E-state index contributed by atoms with van der Waals surface area (Å²) in [6.07, 6.45) is -0.724. The third kappa shape index (κ3) is 3.69. The van der Waals surface area contributed by atoms with Crippen LogP contribution in [0.5, 0.6) is 0 Å². The summed E-state index contributed by atoms with van der Waals surface area (Å²) in [5, 5.41) is 27.3. The molecule has 5 N–H and O–H groups in total. The minimum Gasteiger partial charge on any atom is -0.478 e. The van der Waals surface area contributed by atoms with E-state index in [1.165, 1.54) is 18.2 Å². The molecule has 6 nitrogen and oxygen atoms in total. The van der Waals surface area contributed by atoms with Crippen LogP contribution in [0.25, 0.3) is 6.08 Å². The highest BCUT2D eigenvalue weighted by Gasteiger charge is 2.22. The second kappa shape index (κ2) is 5.95. The predicted octanol–water partition coefficient (Wildman–Crippen LogP) is -0.336. The fraction of sp³-hybridized carbons (Fsp3) is 0.167. The first kappa shape index (κ1) is 13.9. The van der Waals surface area contributed by atoms with E-state index in [2.05, 4.69) is 0 Å². The Bertz CT molecular complexity index is 466. The van der Waals surface area contributed by atoms with E-state index in [1.54, 1.807) is 12.1 Å². The molecule has 0 spiro atoms. The Balaban J connectivity index is 2.82. The van der Waals surface area contributed by atoms with Crippen molar-refractivity contribution in [3.05, 3.63) is 41.5 Å². The second-order valence-corrected chi connectivity index (χ2v) is 3.63. The van der Waals surface area contributed by atoms with Crippen LogP contribution in [0.2, 0.25) is 0 Å². The number of carbonyl (C=O) groups is 2. The number of hydrogen-bond donors (Lipinski definition) is 4. The molecule has 2 atom stereocenters. The van der Waals surface area contributed by atoms with Crippen molar-refractivity contribution in [2.45, 2.75) is 12.2 Å². The molecular weight excluding hydrogens is 238 g/mol. The maximum atomic E-state index is 10.7. The van der Waals surface area contributed by atoms with Gasteiger partial charge in [0, 0.05) is 6.08 Å². The van der Waals surface area contributed by atoms with Crippen molar-refractivity contribution in [3.8, 4) is 0 Å². The summed E-state index contributed by atoms with van der Waals surface area (Å²) in [7, 11) is 0. The molecule has 18 heavy (non-hydrogen) atoms. The van der Waals surface area contributed by atoms with Gasteiger partial charge in [0.15, 0.2) is 6.10 Å². The Kier molecular flexibility index (Phi) is 4.59. The van der Waals surface area contributed by atoms with E-state index in [4.69, 9.17) is 10.8 Å². The van der Waals surface area contributed by atoms with Gasteiger partial charge >= 0.3 is 5.97 Å². The van der Waals surface area contributed by atoms with Gasteiger partial charge in [0.1, 0.15) is 6.10 Å². The standard InChI is InChI=1S/C12H13NO5/c13-12(18)11(17)10(16)8-4-1-7(2-5-8)3-6-9(14)15/h1-6,10-11,16-17H,(H2,13,18)(H,14,15)/b6-3+. The zero-order chi connectivity index (χ0) is 13.7. The summed E-state index contributed by atoms with van der Waals surface area (Å²) in [5.74, 6) is -2.08. The van der Waals surface area contributed by atoms with Crippen LogP contribution in [0.4, 0.5) is 0 Å². The number of nitrogens with two attached hydrogens (primary N) is 1. The van der Waals surface area contributed by atoms with Gasteiger partial charge in [-0.05, 0) is 17.2 Å². The molecule has 0 aliphatic carbocycles. The normalized spacial score (nSPS) is 14.3. The number of aliphatic carboxylic acids is 1. The highest BCUT2D eigenvalue weighted by Crippen LogP contribution is 2.17. The van der Waals surface area contributed by atoms with Crippen LogP contribution in [0.3, 0.4) is 0 Å². The molecule has 0 radical (unpaired) electrons. The molecule has 0 saturated carbocycles. The molecule has 0 fully saturated rings. The molecule has 1 amide bonds. The molecule has 0 bridgehead atoms. The fourth-order valence-electron chi connectivity index (χ4n) is 1.31. The number of carbonyl (C=O) groups excluding carboxylic acids is 1. The minimum atomic E-state index is -1.68. The number of aliphatic hydroxyl groups is 2. The van der Waals surface area contributed by atoms with Gasteiger partial charge in [0.2, 0.25) is 5.91 Å². The largest absolute Gasteiger partial charge is 0.478 e. The average molecular weight is 251 g/mol. The number of amides is 1. The number of primary amides is 1. The topological polar surface area (TPSA) is 121 Å². The lowest BCUT2D eigenvalue weighted by atomic mass is 10.0. The first-order valence-corrected chi connectivity index (χ1v) is 5.08. The van der Waals surface area contributed by atoms with Crippen LogP contribution in [-0.2, 0) is 9.59 Å². The van der Waals surface area contributed by atoms with E-state index in [-0.39, 0.29) is 0 Å². The molecule has 0 aliphatic rings. The van der Waals surface area contributed by atoms with Gasteiger partial charge in [0.05, 0.1) is 0 Å². The minimum absolute atomic E-state index is 0.314. The lowest BCUT2D eigenvalue weighted by Gasteiger charge is -2.15. The Hall–Kier alpha value is -2.18. The van der Waals surface area contributed by atoms with Crippen molar-refractivity contribution < 1.29 is 24.9 Å². The summed E-state index contributed by atoms with van der Waals surface area (Å²) in [6.45, 7) is 0. The Morgan fingerprint density at radius 1 is 1.17 bits per heavy atom. The van der Waals surface area contributed by atoms with Crippen LogP contribution in [0.15, 0.2) is 30.3 Å². The number of benzene rings is 1. The van der Waals surface area contributed by atoms with Crippen LogP contribution < -0.4 is 5.73 Å². The van der Waals surface area contributed by atoms with Crippen molar-refractivity contribution in [1.29, 1.82) is 0 Å². The van der Waals surface area contributed by atoms with Gasteiger partial charge in [-0.3, -0.25) is 4.79 Å². The molecule has 0 aliphatic heterocycles. The molecule has 0 aromatic heterocycles. The smallest absolute Gasteiger partial charge is 0.328 e. The summed E-state index contributed by atoms with van der Waals surface area (Å²) in [4.78, 5) is 21.0. The summed E-state index contributed by atoms with van der Waals surface area (Å²) in [5.41, 5.74) is 5.79. The third-order valence-corrected chi connectivity index (χ3v) is 2.29. The number of rotatable bonds is 5. The number of carboxylic acids is 1. The lowest BCUT2D eigenvalue weighted by molar-refractivity contribution is -0.132. The van der Waals surface area contributed by atoms with Crippen molar-refractivity contribution in [2.75, 3.05) is 0 Å². The zero-order valence-corrected chi connectivity index (χ0v) is 9.35. The first-order chi connectivity index (χ1) is 8.41. The van der Waals surface area contributed by atoms with Crippen LogP contribution >= 0.6 is 0 Å². The highest BCUT2D eigenvalue weighted by molar-refractivity contribution is 5.85. The van der Waals surface area contributed by atoms with E-state index < -0.39 is 24.1 Å². The van der Waals surface area contributed by atoms with Crippen LogP contribution in [-0.4, -0.2) is 33.3 Å². The molecular formula is C12H13NO5. The maximum absolute atomic E-state index is 10.7. The van der Waals surface area contributed by atoms with Crippen molar-refractivity contribution in [2.24, 2.45) is 5.73 Å². The monoisotopic (exact) mass is 251 g/mol. The fourth-order valence-corrected chi connectivity index (χ4v) is 1.31. The third-order valence-electron chi connectivity index (χ3n) is 2.29. The van der Waals surface area contributed by atoms with E-state index >= 15 is 0 Å². The van der Waals surface area contributed by atoms with E-state index in [0.717, 1.165) is 6.08 Å². The number of hydrogen-bond acceptors (Lipinski definition) is 4. The van der Waals surface area contributed by atoms with Crippen LogP contribution in [0.1, 0.15) is 17.2 Å². The molecule has 6 heteroatoms. The maximum Gasteiger partial charge on any atom is 0.328 e. The zero-order valence-electron chi connectivity index (χ0n) is 9.35. The molecule has 2 unspecified atom stereocenters. The summed E-state index contributed by atoms with van der Waals surface area (Å²) in [6, 6.07) is 6.04. The Labute approximate surface area is 103 Å². The van der Waals surface area contributed by atoms with Crippen LogP contribution in [0, 0.1) is 0 Å². The van der Waals surface area contributed by atoms with Crippen molar-refractivity contribution in [3.63, 3.8) is 0 Å². The van der Waals surface area contributed by atoms with E-state index in [1.807, 2.05) is 0 Å². The van der Waals surface area contributed by atoms with Gasteiger partial charge in [-0.25, -0.2) is 4.79 Å². The van der Waals surface area contributed by atoms with E-state index in [0.29, 0.717) is 11.1 Å². The van der Waals surface area contributed by atoms with Gasteiger partial charge in [0.25, 0.3) is 0 Å². The van der Waals surface area contributed by atoms with E-state index in [9.17, 15) is 19.8 Å². The average Bonchev–Trinajstić information content (AvgIpc) is 2.35. The van der Waals surface area contributed by atoms with Gasteiger partial charge in [-0.1, -0.05) is 24.3 Å². The predicted molar refractivity (Wildman–Crippen MR) is 63.3 cm³/mol. The molecule has 96 valence electrons. The molecule has 1 aromatic rings. The molecule has 1 aromatic carbocycles. The SMILES string of the molecule is NC(=O)C(O)C(O)c1ccc(/C=C/C(=O)O)cc1. The van der Waals surface area contributed by atoms with Gasteiger partial charge in [-0.15, -0.1) is 0 Å². The highest BCUT2D eigenvalue weighted by atomic mass is 16.4. The van der Waals surface area contributed by atoms with Crippen molar-refractivity contribution >= 4 is 18.0 Å². The summed E-state index contributed by atoms with van der Waals surface area (Å²) >= 11 is 0. The quantitative estimate of drug-likeness (QED) is 0.534. The molecule has 0 saturated heterocycles. The number of carboxylic acid groups (broad SMARTS) is 1. The Morgan fingerprint density at radius 2 is 1.72 bits per heavy atom.